The zero-order valence-electron chi connectivity index (χ0n) is 19.2. The molecule has 0 saturated heterocycles. The van der Waals surface area contributed by atoms with Gasteiger partial charge in [0.15, 0.2) is 0 Å². The Bertz CT molecular complexity index is 664. The van der Waals surface area contributed by atoms with Gasteiger partial charge in [-0.15, -0.1) is 0 Å². The van der Waals surface area contributed by atoms with Crippen molar-refractivity contribution in [3.05, 3.63) is 34.4 Å². The van der Waals surface area contributed by atoms with Crippen molar-refractivity contribution in [1.29, 1.82) is 0 Å². The predicted molar refractivity (Wildman–Crippen MR) is 120 cm³/mol. The van der Waals surface area contributed by atoms with Crippen LogP contribution in [0, 0.1) is 0 Å². The first-order chi connectivity index (χ1) is 12.3. The van der Waals surface area contributed by atoms with Crippen molar-refractivity contribution in [2.24, 2.45) is 0 Å². The molecule has 0 fully saturated rings. The molecule has 27 heavy (non-hydrogen) atoms. The lowest BCUT2D eigenvalue weighted by Gasteiger charge is -2.38. The third-order valence-electron chi connectivity index (χ3n) is 5.79. The molecule has 0 aliphatic heterocycles. The van der Waals surface area contributed by atoms with Crippen LogP contribution in [0.5, 0.6) is 5.75 Å². The van der Waals surface area contributed by atoms with E-state index in [1.54, 1.807) is 0 Å². The van der Waals surface area contributed by atoms with Crippen LogP contribution in [-0.2, 0) is 6.42 Å². The minimum absolute atomic E-state index is 0.176. The summed E-state index contributed by atoms with van der Waals surface area (Å²) in [4.78, 5) is 3.29. The molecule has 3 nitrogen and oxygen atoms in total. The molecule has 0 heterocycles. The summed E-state index contributed by atoms with van der Waals surface area (Å²) in [5.41, 5.74) is 13.7. The van der Waals surface area contributed by atoms with Gasteiger partial charge in [0.1, 0.15) is 5.75 Å². The van der Waals surface area contributed by atoms with Gasteiger partial charge in [0.05, 0.1) is 0 Å². The molecule has 0 atom stereocenters. The van der Waals surface area contributed by atoms with Crippen LogP contribution < -0.4 is 4.43 Å². The third kappa shape index (κ3) is 6.33. The third-order valence-corrected chi connectivity index (χ3v) is 10.1. The lowest BCUT2D eigenvalue weighted by molar-refractivity contribution is -0.00901. The number of rotatable bonds is 8. The highest BCUT2D eigenvalue weighted by molar-refractivity contribution is 6.74. The normalized spacial score (nSPS) is 12.4. The van der Waals surface area contributed by atoms with E-state index >= 15 is 0 Å². The van der Waals surface area contributed by atoms with Gasteiger partial charge in [-0.3, -0.25) is 0 Å². The summed E-state index contributed by atoms with van der Waals surface area (Å²) in [7, 11) is -1.91. The van der Waals surface area contributed by atoms with Crippen molar-refractivity contribution in [2.75, 3.05) is 0 Å². The van der Waals surface area contributed by atoms with Crippen molar-refractivity contribution in [3.63, 3.8) is 0 Å². The average Bonchev–Trinajstić information content (AvgIpc) is 2.53. The topological polar surface area (TPSA) is 45.6 Å². The molecule has 0 bridgehead atoms. The first-order valence-electron chi connectivity index (χ1n) is 10.3. The van der Waals surface area contributed by atoms with Gasteiger partial charge in [0.2, 0.25) is 0 Å². The Labute approximate surface area is 168 Å². The van der Waals surface area contributed by atoms with E-state index in [1.165, 1.54) is 16.7 Å². The average molecular weight is 389 g/mol. The van der Waals surface area contributed by atoms with Crippen LogP contribution in [0.3, 0.4) is 0 Å². The summed E-state index contributed by atoms with van der Waals surface area (Å²) in [6.07, 6.45) is 2.81. The number of aryl methyl sites for hydroxylation is 1. The maximum Gasteiger partial charge on any atom is 0.265 e. The van der Waals surface area contributed by atoms with Gasteiger partial charge in [-0.1, -0.05) is 60.6 Å². The largest absolute Gasteiger partial charge is 0.543 e. The minimum Gasteiger partial charge on any atom is -0.543 e. The molecule has 0 saturated carbocycles. The van der Waals surface area contributed by atoms with Crippen LogP contribution in [0.2, 0.25) is 18.1 Å². The van der Waals surface area contributed by atoms with E-state index < -0.39 is 8.32 Å². The molecule has 4 heteroatoms. The van der Waals surface area contributed by atoms with Crippen molar-refractivity contribution >= 4 is 14.0 Å². The monoisotopic (exact) mass is 388 g/mol. The molecule has 0 spiro atoms. The molecule has 0 amide bonds. The van der Waals surface area contributed by atoms with Gasteiger partial charge in [0.25, 0.3) is 14.0 Å². The van der Waals surface area contributed by atoms with Crippen LogP contribution in [0.4, 0.5) is 0 Å². The molecule has 0 N–H and O–H groups in total. The quantitative estimate of drug-likeness (QED) is 0.199. The predicted octanol–water partition coefficient (Wildman–Crippen LogP) is 7.33. The second-order valence-corrected chi connectivity index (χ2v) is 14.7. The molecular formula is C23H40N2OSi. The minimum atomic E-state index is -1.91. The highest BCUT2D eigenvalue weighted by Gasteiger charge is 2.40. The molecule has 0 aromatic heterocycles. The van der Waals surface area contributed by atoms with Crippen LogP contribution in [-0.4, -0.2) is 18.8 Å². The summed E-state index contributed by atoms with van der Waals surface area (Å²) in [6, 6.07) is 4.68. The van der Waals surface area contributed by atoms with Gasteiger partial charge >= 0.3 is 0 Å². The smallest absolute Gasteiger partial charge is 0.265 e. The molecule has 0 radical (unpaired) electrons. The second-order valence-electron chi connectivity index (χ2n) is 9.96. The van der Waals surface area contributed by atoms with Gasteiger partial charge in [-0.25, -0.2) is 0 Å². The van der Waals surface area contributed by atoms with Gasteiger partial charge in [-0.2, -0.15) is 4.79 Å². The van der Waals surface area contributed by atoms with Crippen molar-refractivity contribution in [3.8, 4) is 5.75 Å². The first-order valence-corrected chi connectivity index (χ1v) is 13.2. The summed E-state index contributed by atoms with van der Waals surface area (Å²) in [5, 5.41) is 0.176. The zero-order valence-corrected chi connectivity index (χ0v) is 20.2. The summed E-state index contributed by atoms with van der Waals surface area (Å²) >= 11 is 0. The fraction of sp³-hybridized carbons (Fsp3) is 0.696. The number of nitrogens with zero attached hydrogens (tertiary/aromatic N) is 2. The maximum atomic E-state index is 8.85. The number of hydrogen-bond acceptors (Lipinski definition) is 1. The molecule has 0 aliphatic rings. The molecule has 0 aliphatic carbocycles. The van der Waals surface area contributed by atoms with E-state index in [9.17, 15) is 0 Å². The summed E-state index contributed by atoms with van der Waals surface area (Å²) in [6.45, 7) is 22.4. The lowest BCUT2D eigenvalue weighted by Crippen LogP contribution is -2.44. The van der Waals surface area contributed by atoms with Crippen molar-refractivity contribution in [2.45, 2.75) is 105 Å². The van der Waals surface area contributed by atoms with Crippen LogP contribution in [0.25, 0.3) is 5.53 Å². The van der Waals surface area contributed by atoms with E-state index in [4.69, 9.17) is 9.96 Å². The second kappa shape index (κ2) is 9.21. The Balaban J connectivity index is 3.35. The fourth-order valence-electron chi connectivity index (χ4n) is 2.87. The highest BCUT2D eigenvalue weighted by atomic mass is 28.4. The van der Waals surface area contributed by atoms with Crippen LogP contribution >= 0.6 is 0 Å². The van der Waals surface area contributed by atoms with Crippen molar-refractivity contribution < 1.29 is 9.22 Å². The molecule has 1 aromatic rings. The van der Waals surface area contributed by atoms with Crippen molar-refractivity contribution in [1.82, 2.24) is 0 Å². The fourth-order valence-corrected chi connectivity index (χ4v) is 3.92. The standard InChI is InChI=1S/C23H40N2OSi/c1-16(2)20-14-19(13-11-12-18(5)25-24)15-21(17(3)4)22(20)26-27(9,10)23(6,7)8/h14-17H,11-13H2,1-10H3. The van der Waals surface area contributed by atoms with Crippen LogP contribution in [0.1, 0.15) is 96.8 Å². The lowest BCUT2D eigenvalue weighted by atomic mass is 9.90. The zero-order chi connectivity index (χ0) is 21.0. The maximum absolute atomic E-state index is 8.85. The van der Waals surface area contributed by atoms with Gasteiger partial charge in [-0.05, 0) is 59.5 Å². The Morgan fingerprint density at radius 3 is 1.93 bits per heavy atom. The SMILES string of the molecule is CC(CCCc1cc(C(C)C)c(O[Si](C)(C)C(C)(C)C)c(C(C)C)c1)=[N+]=[N-]. The molecule has 152 valence electrons. The molecule has 1 rings (SSSR count). The Kier molecular flexibility index (Phi) is 8.07. The Morgan fingerprint density at radius 2 is 1.56 bits per heavy atom. The van der Waals surface area contributed by atoms with Crippen LogP contribution in [0.15, 0.2) is 12.1 Å². The Morgan fingerprint density at radius 1 is 1.07 bits per heavy atom. The Hall–Kier alpha value is -1.38. The van der Waals surface area contributed by atoms with E-state index in [-0.39, 0.29) is 5.04 Å². The van der Waals surface area contributed by atoms with E-state index in [0.29, 0.717) is 11.8 Å². The van der Waals surface area contributed by atoms with E-state index in [1.807, 2.05) is 6.92 Å². The van der Waals surface area contributed by atoms with Gasteiger partial charge in [0, 0.05) is 13.3 Å². The molecule has 0 unspecified atom stereocenters. The number of hydrogen-bond donors (Lipinski definition) is 0. The van der Waals surface area contributed by atoms with E-state index in [0.717, 1.165) is 30.7 Å². The summed E-state index contributed by atoms with van der Waals surface area (Å²) in [5.74, 6) is 1.97. The molecule has 1 aromatic carbocycles. The summed E-state index contributed by atoms with van der Waals surface area (Å²) < 4.78 is 6.85. The molecular weight excluding hydrogens is 348 g/mol. The first kappa shape index (κ1) is 23.7. The number of benzene rings is 1. The van der Waals surface area contributed by atoms with Gasteiger partial charge < -0.3 is 9.96 Å². The highest BCUT2D eigenvalue weighted by Crippen LogP contribution is 2.43. The van der Waals surface area contributed by atoms with E-state index in [2.05, 4.69) is 78.5 Å².